The molecule has 2 aromatic carbocycles. The van der Waals surface area contributed by atoms with Crippen molar-refractivity contribution in [2.24, 2.45) is 0 Å². The van der Waals surface area contributed by atoms with Crippen molar-refractivity contribution in [1.29, 1.82) is 0 Å². The van der Waals surface area contributed by atoms with Crippen molar-refractivity contribution >= 4 is 23.2 Å². The third-order valence-corrected chi connectivity index (χ3v) is 3.79. The summed E-state index contributed by atoms with van der Waals surface area (Å²) in [6.45, 7) is 5.91. The highest BCUT2D eigenvalue weighted by molar-refractivity contribution is 6.31. The number of ether oxygens (including phenoxy) is 2. The molecule has 122 valence electrons. The van der Waals surface area contributed by atoms with Crippen LogP contribution in [0.15, 0.2) is 30.3 Å². The van der Waals surface area contributed by atoms with Crippen molar-refractivity contribution in [1.82, 2.24) is 0 Å². The molecule has 0 saturated heterocycles. The van der Waals surface area contributed by atoms with Crippen LogP contribution in [0.5, 0.6) is 11.5 Å². The Morgan fingerprint density at radius 3 is 2.57 bits per heavy atom. The normalized spacial score (nSPS) is 10.3. The summed E-state index contributed by atoms with van der Waals surface area (Å²) in [5.74, 6) is 0.991. The molecule has 0 atom stereocenters. The summed E-state index contributed by atoms with van der Waals surface area (Å²) >= 11 is 5.95. The van der Waals surface area contributed by atoms with Gasteiger partial charge in [0.1, 0.15) is 11.5 Å². The average Bonchev–Trinajstić information content (AvgIpc) is 2.49. The molecule has 1 N–H and O–H groups in total. The molecule has 0 aliphatic carbocycles. The van der Waals surface area contributed by atoms with E-state index in [1.165, 1.54) is 7.11 Å². The standard InChI is InChI=1S/C18H20ClNO3/c1-11-7-12(2)13(3)17(8-11)23-10-18(21)20-15-9-14(19)5-6-16(15)22-4/h5-9H,10H2,1-4H3,(H,20,21). The van der Waals surface area contributed by atoms with Crippen molar-refractivity contribution in [3.8, 4) is 11.5 Å². The minimum atomic E-state index is -0.274. The third kappa shape index (κ3) is 4.39. The van der Waals surface area contributed by atoms with Crippen molar-refractivity contribution in [3.05, 3.63) is 52.0 Å². The second kappa shape index (κ2) is 7.38. The number of hydrogen-bond acceptors (Lipinski definition) is 3. The van der Waals surface area contributed by atoms with Gasteiger partial charge in [-0.3, -0.25) is 4.79 Å². The van der Waals surface area contributed by atoms with E-state index in [9.17, 15) is 4.79 Å². The van der Waals surface area contributed by atoms with Crippen LogP contribution in [-0.4, -0.2) is 19.6 Å². The maximum absolute atomic E-state index is 12.1. The second-order valence-corrected chi connectivity index (χ2v) is 5.82. The smallest absolute Gasteiger partial charge is 0.262 e. The van der Waals surface area contributed by atoms with Gasteiger partial charge in [-0.2, -0.15) is 0 Å². The van der Waals surface area contributed by atoms with E-state index in [2.05, 4.69) is 11.4 Å². The van der Waals surface area contributed by atoms with Crippen LogP contribution in [0.1, 0.15) is 16.7 Å². The summed E-state index contributed by atoms with van der Waals surface area (Å²) in [5.41, 5.74) is 3.78. The molecule has 1 amide bonds. The van der Waals surface area contributed by atoms with Crippen molar-refractivity contribution in [2.75, 3.05) is 19.0 Å². The lowest BCUT2D eigenvalue weighted by Gasteiger charge is -2.13. The predicted octanol–water partition coefficient (Wildman–Crippen LogP) is 4.29. The number of nitrogens with one attached hydrogen (secondary N) is 1. The van der Waals surface area contributed by atoms with Crippen LogP contribution >= 0.6 is 11.6 Å². The van der Waals surface area contributed by atoms with Crippen LogP contribution in [0, 0.1) is 20.8 Å². The van der Waals surface area contributed by atoms with Crippen LogP contribution in [0.4, 0.5) is 5.69 Å². The number of methoxy groups -OCH3 is 1. The minimum absolute atomic E-state index is 0.0839. The number of anilines is 1. The van der Waals surface area contributed by atoms with Gasteiger partial charge in [0.15, 0.2) is 6.61 Å². The van der Waals surface area contributed by atoms with Gasteiger partial charge in [-0.15, -0.1) is 0 Å². The summed E-state index contributed by atoms with van der Waals surface area (Å²) < 4.78 is 10.9. The van der Waals surface area contributed by atoms with E-state index in [4.69, 9.17) is 21.1 Å². The zero-order valence-electron chi connectivity index (χ0n) is 13.7. The topological polar surface area (TPSA) is 47.6 Å². The number of carbonyl (C=O) groups is 1. The molecule has 0 aromatic heterocycles. The Kier molecular flexibility index (Phi) is 5.50. The molecular formula is C18H20ClNO3. The van der Waals surface area contributed by atoms with Gasteiger partial charge in [0.05, 0.1) is 12.8 Å². The Morgan fingerprint density at radius 1 is 1.13 bits per heavy atom. The summed E-state index contributed by atoms with van der Waals surface area (Å²) in [4.78, 5) is 12.1. The average molecular weight is 334 g/mol. The Labute approximate surface area is 141 Å². The zero-order valence-corrected chi connectivity index (χ0v) is 14.5. The number of rotatable bonds is 5. The molecule has 5 heteroatoms. The van der Waals surface area contributed by atoms with Crippen molar-refractivity contribution < 1.29 is 14.3 Å². The predicted molar refractivity (Wildman–Crippen MR) is 92.8 cm³/mol. The number of halogens is 1. The Morgan fingerprint density at radius 2 is 1.87 bits per heavy atom. The van der Waals surface area contributed by atoms with Gasteiger partial charge in [0.25, 0.3) is 5.91 Å². The van der Waals surface area contributed by atoms with Gasteiger partial charge in [0, 0.05) is 5.02 Å². The van der Waals surface area contributed by atoms with Crippen LogP contribution in [0.2, 0.25) is 5.02 Å². The molecule has 0 heterocycles. The lowest BCUT2D eigenvalue weighted by Crippen LogP contribution is -2.21. The van der Waals surface area contributed by atoms with Crippen LogP contribution in [0.25, 0.3) is 0 Å². The molecule has 0 spiro atoms. The quantitative estimate of drug-likeness (QED) is 0.887. The third-order valence-electron chi connectivity index (χ3n) is 3.56. The lowest BCUT2D eigenvalue weighted by molar-refractivity contribution is -0.118. The molecule has 4 nitrogen and oxygen atoms in total. The maximum Gasteiger partial charge on any atom is 0.262 e. The van der Waals surface area contributed by atoms with E-state index < -0.39 is 0 Å². The van der Waals surface area contributed by atoms with Gasteiger partial charge in [-0.1, -0.05) is 17.7 Å². The fourth-order valence-corrected chi connectivity index (χ4v) is 2.43. The van der Waals surface area contributed by atoms with E-state index in [0.29, 0.717) is 16.5 Å². The highest BCUT2D eigenvalue weighted by Gasteiger charge is 2.11. The second-order valence-electron chi connectivity index (χ2n) is 5.39. The highest BCUT2D eigenvalue weighted by atomic mass is 35.5. The molecule has 23 heavy (non-hydrogen) atoms. The molecule has 0 fully saturated rings. The van der Waals surface area contributed by atoms with Crippen molar-refractivity contribution in [2.45, 2.75) is 20.8 Å². The fourth-order valence-electron chi connectivity index (χ4n) is 2.26. The summed E-state index contributed by atoms with van der Waals surface area (Å²) in [5, 5.41) is 3.27. The van der Waals surface area contributed by atoms with Gasteiger partial charge < -0.3 is 14.8 Å². The SMILES string of the molecule is COc1ccc(Cl)cc1NC(=O)COc1cc(C)cc(C)c1C. The van der Waals surface area contributed by atoms with Crippen LogP contribution in [0.3, 0.4) is 0 Å². The number of aryl methyl sites for hydroxylation is 2. The van der Waals surface area contributed by atoms with Crippen LogP contribution < -0.4 is 14.8 Å². The van der Waals surface area contributed by atoms with E-state index >= 15 is 0 Å². The first kappa shape index (κ1) is 17.2. The largest absolute Gasteiger partial charge is 0.495 e. The van der Waals surface area contributed by atoms with Gasteiger partial charge in [-0.25, -0.2) is 0 Å². The van der Waals surface area contributed by atoms with Gasteiger partial charge in [0.2, 0.25) is 0 Å². The molecule has 0 saturated carbocycles. The fraction of sp³-hybridized carbons (Fsp3) is 0.278. The molecule has 0 unspecified atom stereocenters. The summed E-state index contributed by atoms with van der Waals surface area (Å²) in [6.07, 6.45) is 0. The molecule has 2 aromatic rings. The van der Waals surface area contributed by atoms with Crippen molar-refractivity contribution in [3.63, 3.8) is 0 Å². The first-order valence-corrected chi connectivity index (χ1v) is 7.62. The molecular weight excluding hydrogens is 314 g/mol. The Hall–Kier alpha value is -2.20. The number of hydrogen-bond donors (Lipinski definition) is 1. The monoisotopic (exact) mass is 333 g/mol. The molecule has 0 aliphatic heterocycles. The van der Waals surface area contributed by atoms with Gasteiger partial charge in [-0.05, 0) is 61.7 Å². The molecule has 0 radical (unpaired) electrons. The van der Waals surface area contributed by atoms with Crippen LogP contribution in [-0.2, 0) is 4.79 Å². The van der Waals surface area contributed by atoms with Gasteiger partial charge >= 0.3 is 0 Å². The molecule has 0 bridgehead atoms. The Bertz CT molecular complexity index is 728. The number of carbonyl (C=O) groups excluding carboxylic acids is 1. The zero-order chi connectivity index (χ0) is 17.0. The maximum atomic E-state index is 12.1. The van der Waals surface area contributed by atoms with E-state index in [0.717, 1.165) is 22.4 Å². The molecule has 2 rings (SSSR count). The minimum Gasteiger partial charge on any atom is -0.495 e. The number of benzene rings is 2. The lowest BCUT2D eigenvalue weighted by atomic mass is 10.1. The molecule has 0 aliphatic rings. The first-order valence-electron chi connectivity index (χ1n) is 7.24. The number of amides is 1. The summed E-state index contributed by atoms with van der Waals surface area (Å²) in [7, 11) is 1.54. The highest BCUT2D eigenvalue weighted by Crippen LogP contribution is 2.28. The van der Waals surface area contributed by atoms with E-state index in [1.54, 1.807) is 18.2 Å². The Balaban J connectivity index is 2.05. The summed E-state index contributed by atoms with van der Waals surface area (Å²) in [6, 6.07) is 9.05. The van der Waals surface area contributed by atoms with E-state index in [-0.39, 0.29) is 12.5 Å². The van der Waals surface area contributed by atoms with E-state index in [1.807, 2.05) is 26.8 Å². The first-order chi connectivity index (χ1) is 10.9.